The lowest BCUT2D eigenvalue weighted by molar-refractivity contribution is -0.143. The molecule has 3 rings (SSSR count). The average molecular weight is 451 g/mol. The molecule has 1 aromatic carbocycles. The number of hydrogen-bond acceptors (Lipinski definition) is 4. The van der Waals surface area contributed by atoms with Gasteiger partial charge in [-0.2, -0.15) is 29.6 Å². The van der Waals surface area contributed by atoms with Gasteiger partial charge in [-0.1, -0.05) is 32.0 Å². The van der Waals surface area contributed by atoms with Gasteiger partial charge in [-0.05, 0) is 54.0 Å². The zero-order valence-corrected chi connectivity index (χ0v) is 18.4. The maximum atomic E-state index is 13.9. The van der Waals surface area contributed by atoms with E-state index in [1.165, 1.54) is 0 Å². The summed E-state index contributed by atoms with van der Waals surface area (Å²) in [5.41, 5.74) is 0.379. The number of amides is 1. The highest BCUT2D eigenvalue weighted by molar-refractivity contribution is 7.07. The topological polar surface area (TPSA) is 50.2 Å². The number of halogens is 3. The molecule has 0 radical (unpaired) electrons. The van der Waals surface area contributed by atoms with Crippen LogP contribution >= 0.6 is 11.3 Å². The van der Waals surface area contributed by atoms with Gasteiger partial charge in [-0.3, -0.25) is 9.69 Å². The molecule has 0 fully saturated rings. The van der Waals surface area contributed by atoms with Crippen molar-refractivity contribution in [1.29, 1.82) is 0 Å². The minimum atomic E-state index is -4.74. The summed E-state index contributed by atoms with van der Waals surface area (Å²) >= 11 is 1.54. The quantitative estimate of drug-likeness (QED) is 0.521. The second-order valence-corrected chi connectivity index (χ2v) is 7.89. The van der Waals surface area contributed by atoms with E-state index < -0.39 is 23.3 Å². The van der Waals surface area contributed by atoms with Crippen LogP contribution in [0.15, 0.2) is 47.3 Å². The van der Waals surface area contributed by atoms with Crippen LogP contribution in [-0.2, 0) is 6.18 Å². The van der Waals surface area contributed by atoms with Crippen molar-refractivity contribution in [2.24, 2.45) is 0 Å². The minimum Gasteiger partial charge on any atom is -0.350 e. The van der Waals surface area contributed by atoms with Crippen LogP contribution in [0.1, 0.15) is 47.1 Å². The number of aromatic nitrogens is 2. The fourth-order valence-electron chi connectivity index (χ4n) is 3.64. The number of nitrogens with zero attached hydrogens (tertiary/aromatic N) is 3. The Labute approximate surface area is 183 Å². The van der Waals surface area contributed by atoms with Gasteiger partial charge in [0.05, 0.1) is 23.5 Å². The molecule has 1 N–H and O–H groups in total. The van der Waals surface area contributed by atoms with Crippen LogP contribution in [0.3, 0.4) is 0 Å². The molecule has 31 heavy (non-hydrogen) atoms. The Balaban J connectivity index is 1.90. The number of hydrogen-bond donors (Lipinski definition) is 1. The lowest BCUT2D eigenvalue weighted by atomic mass is 10.1. The van der Waals surface area contributed by atoms with E-state index in [1.807, 2.05) is 30.7 Å². The molecule has 1 unspecified atom stereocenters. The molecule has 0 aliphatic heterocycles. The van der Waals surface area contributed by atoms with Gasteiger partial charge >= 0.3 is 6.18 Å². The van der Waals surface area contributed by atoms with Gasteiger partial charge in [0.1, 0.15) is 0 Å². The number of thiophene rings is 1. The summed E-state index contributed by atoms with van der Waals surface area (Å²) in [6.45, 7) is 7.44. The largest absolute Gasteiger partial charge is 0.434 e. The number of aryl methyl sites for hydroxylation is 1. The van der Waals surface area contributed by atoms with E-state index in [0.29, 0.717) is 5.56 Å². The van der Waals surface area contributed by atoms with Gasteiger partial charge in [-0.25, -0.2) is 4.68 Å². The maximum absolute atomic E-state index is 13.9. The monoisotopic (exact) mass is 450 g/mol. The molecule has 166 valence electrons. The molecule has 9 heteroatoms. The highest BCUT2D eigenvalue weighted by atomic mass is 32.1. The predicted octanol–water partition coefficient (Wildman–Crippen LogP) is 5.07. The predicted molar refractivity (Wildman–Crippen MR) is 116 cm³/mol. The first kappa shape index (κ1) is 23.0. The normalized spacial score (nSPS) is 12.9. The van der Waals surface area contributed by atoms with Crippen molar-refractivity contribution in [2.45, 2.75) is 33.0 Å². The van der Waals surface area contributed by atoms with Gasteiger partial charge in [0.15, 0.2) is 5.69 Å². The molecular weight excluding hydrogens is 425 g/mol. The Hall–Kier alpha value is -2.65. The number of benzene rings is 1. The van der Waals surface area contributed by atoms with Crippen molar-refractivity contribution in [2.75, 3.05) is 19.6 Å². The summed E-state index contributed by atoms with van der Waals surface area (Å²) in [7, 11) is 0. The average Bonchev–Trinajstić information content (AvgIpc) is 3.41. The highest BCUT2D eigenvalue weighted by Gasteiger charge is 2.41. The van der Waals surface area contributed by atoms with Crippen molar-refractivity contribution in [3.05, 3.63) is 69.7 Å². The highest BCUT2D eigenvalue weighted by Crippen LogP contribution is 2.34. The standard InChI is InChI=1S/C22H25F3N4OS/c1-4-28(5-2)19(16-10-11-31-14-16)13-26-21(30)17-12-27-29(20(17)22(23,24)25)18-9-7-6-8-15(18)3/h6-12,14,19H,4-5,13H2,1-3H3,(H,26,30). The summed E-state index contributed by atoms with van der Waals surface area (Å²) in [5.74, 6) is -0.792. The zero-order chi connectivity index (χ0) is 22.6. The van der Waals surface area contributed by atoms with Crippen molar-refractivity contribution in [1.82, 2.24) is 20.0 Å². The molecule has 0 aliphatic carbocycles. The third kappa shape index (κ3) is 4.99. The van der Waals surface area contributed by atoms with Crippen molar-refractivity contribution >= 4 is 17.2 Å². The smallest absolute Gasteiger partial charge is 0.350 e. The first-order chi connectivity index (χ1) is 14.8. The number of para-hydroxylation sites is 1. The fourth-order valence-corrected chi connectivity index (χ4v) is 4.35. The third-order valence-corrected chi connectivity index (χ3v) is 5.96. The number of alkyl halides is 3. The number of carbonyl (C=O) groups excluding carboxylic acids is 1. The second kappa shape index (κ2) is 9.65. The number of nitrogens with one attached hydrogen (secondary N) is 1. The van der Waals surface area contributed by atoms with E-state index in [2.05, 4.69) is 15.3 Å². The first-order valence-electron chi connectivity index (χ1n) is 10.0. The van der Waals surface area contributed by atoms with E-state index in [9.17, 15) is 18.0 Å². The summed E-state index contributed by atoms with van der Waals surface area (Å²) in [6.07, 6.45) is -3.75. The summed E-state index contributed by atoms with van der Waals surface area (Å²) in [5, 5.41) is 10.5. The summed E-state index contributed by atoms with van der Waals surface area (Å²) in [6, 6.07) is 8.47. The number of likely N-dealkylation sites (N-methyl/N-ethyl adjacent to an activating group) is 1. The summed E-state index contributed by atoms with van der Waals surface area (Å²) in [4.78, 5) is 15.0. The molecule has 0 saturated heterocycles. The lowest BCUT2D eigenvalue weighted by Crippen LogP contribution is -2.38. The molecule has 0 spiro atoms. The second-order valence-electron chi connectivity index (χ2n) is 7.11. The Morgan fingerprint density at radius 1 is 1.23 bits per heavy atom. The van der Waals surface area contributed by atoms with E-state index in [1.54, 1.807) is 42.5 Å². The summed E-state index contributed by atoms with van der Waals surface area (Å²) < 4.78 is 42.6. The van der Waals surface area contributed by atoms with Crippen molar-refractivity contribution in [3.8, 4) is 5.69 Å². The first-order valence-corrected chi connectivity index (χ1v) is 11.0. The molecule has 3 aromatic rings. The van der Waals surface area contributed by atoms with Gasteiger partial charge in [0.25, 0.3) is 5.91 Å². The van der Waals surface area contributed by atoms with Gasteiger partial charge in [-0.15, -0.1) is 0 Å². The lowest BCUT2D eigenvalue weighted by Gasteiger charge is -2.29. The molecule has 1 amide bonds. The third-order valence-electron chi connectivity index (χ3n) is 5.26. The molecule has 2 aromatic heterocycles. The molecular formula is C22H25F3N4OS. The van der Waals surface area contributed by atoms with Crippen LogP contribution in [0.25, 0.3) is 5.69 Å². The van der Waals surface area contributed by atoms with E-state index in [-0.39, 0.29) is 18.3 Å². The van der Waals surface area contributed by atoms with Crippen LogP contribution in [0.4, 0.5) is 13.2 Å². The van der Waals surface area contributed by atoms with Crippen LogP contribution in [0, 0.1) is 6.92 Å². The van der Waals surface area contributed by atoms with Crippen LogP contribution in [-0.4, -0.2) is 40.2 Å². The van der Waals surface area contributed by atoms with Crippen molar-refractivity contribution in [3.63, 3.8) is 0 Å². The molecule has 0 saturated carbocycles. The van der Waals surface area contributed by atoms with E-state index in [4.69, 9.17) is 0 Å². The van der Waals surface area contributed by atoms with Crippen molar-refractivity contribution < 1.29 is 18.0 Å². The van der Waals surface area contributed by atoms with E-state index >= 15 is 0 Å². The zero-order valence-electron chi connectivity index (χ0n) is 17.6. The number of rotatable bonds is 8. The molecule has 1 atom stereocenters. The molecule has 2 heterocycles. The minimum absolute atomic E-state index is 0.119. The van der Waals surface area contributed by atoms with Gasteiger partial charge in [0.2, 0.25) is 0 Å². The molecule has 0 bridgehead atoms. The van der Waals surface area contributed by atoms with Crippen LogP contribution in [0.5, 0.6) is 0 Å². The Morgan fingerprint density at radius 2 is 1.94 bits per heavy atom. The van der Waals surface area contributed by atoms with Gasteiger partial charge in [0, 0.05) is 6.54 Å². The van der Waals surface area contributed by atoms with Crippen LogP contribution in [0.2, 0.25) is 0 Å². The maximum Gasteiger partial charge on any atom is 0.434 e. The SMILES string of the molecule is CCN(CC)C(CNC(=O)c1cnn(-c2ccccc2C)c1C(F)(F)F)c1ccsc1. The fraction of sp³-hybridized carbons (Fsp3) is 0.364. The van der Waals surface area contributed by atoms with Crippen LogP contribution < -0.4 is 5.32 Å². The molecule has 5 nitrogen and oxygen atoms in total. The molecule has 0 aliphatic rings. The number of carbonyl (C=O) groups is 1. The Bertz CT molecular complexity index is 1010. The Morgan fingerprint density at radius 3 is 2.52 bits per heavy atom. The van der Waals surface area contributed by atoms with Gasteiger partial charge < -0.3 is 5.32 Å². The van der Waals surface area contributed by atoms with E-state index in [0.717, 1.165) is 29.5 Å². The Kier molecular flexibility index (Phi) is 7.17.